The van der Waals surface area contributed by atoms with Crippen molar-refractivity contribution < 1.29 is 0 Å². The van der Waals surface area contributed by atoms with Crippen LogP contribution in [0.1, 0.15) is 39.7 Å². The average Bonchev–Trinajstić information content (AvgIpc) is 2.33. The Bertz CT molecular complexity index is 442. The molecule has 0 amide bonds. The SMILES string of the molecule is CC(C)CC1CN(Cc2cccc(Cl)c2)C(C)(C)CN1. The van der Waals surface area contributed by atoms with Gasteiger partial charge in [-0.15, -0.1) is 0 Å². The predicted octanol–water partition coefficient (Wildman–Crippen LogP) is 3.94. The van der Waals surface area contributed by atoms with Gasteiger partial charge >= 0.3 is 0 Å². The molecule has 0 aromatic heterocycles. The molecule has 3 heteroatoms. The Kier molecular flexibility index (Phi) is 5.11. The molecule has 2 rings (SSSR count). The van der Waals surface area contributed by atoms with Crippen molar-refractivity contribution in [2.24, 2.45) is 5.92 Å². The van der Waals surface area contributed by atoms with Crippen molar-refractivity contribution in [3.8, 4) is 0 Å². The third-order valence-electron chi connectivity index (χ3n) is 4.14. The van der Waals surface area contributed by atoms with E-state index >= 15 is 0 Å². The molecule has 1 aromatic rings. The van der Waals surface area contributed by atoms with Crippen LogP contribution in [0.2, 0.25) is 5.02 Å². The second kappa shape index (κ2) is 6.46. The highest BCUT2D eigenvalue weighted by molar-refractivity contribution is 6.30. The Morgan fingerprint density at radius 3 is 2.80 bits per heavy atom. The number of hydrogen-bond donors (Lipinski definition) is 1. The molecule has 0 radical (unpaired) electrons. The van der Waals surface area contributed by atoms with Crippen LogP contribution in [0.5, 0.6) is 0 Å². The number of benzene rings is 1. The predicted molar refractivity (Wildman–Crippen MR) is 87.2 cm³/mol. The molecule has 0 saturated carbocycles. The highest BCUT2D eigenvalue weighted by atomic mass is 35.5. The van der Waals surface area contributed by atoms with Crippen LogP contribution >= 0.6 is 11.6 Å². The highest BCUT2D eigenvalue weighted by Gasteiger charge is 2.33. The minimum absolute atomic E-state index is 0.190. The lowest BCUT2D eigenvalue weighted by Crippen LogP contribution is -2.61. The summed E-state index contributed by atoms with van der Waals surface area (Å²) in [7, 11) is 0. The van der Waals surface area contributed by atoms with E-state index in [1.807, 2.05) is 12.1 Å². The van der Waals surface area contributed by atoms with Gasteiger partial charge < -0.3 is 5.32 Å². The minimum atomic E-state index is 0.190. The molecule has 1 aromatic carbocycles. The van der Waals surface area contributed by atoms with Gasteiger partial charge in [-0.05, 0) is 43.9 Å². The first-order valence-corrected chi connectivity index (χ1v) is 7.97. The maximum Gasteiger partial charge on any atom is 0.0409 e. The molecule has 0 aliphatic carbocycles. The maximum absolute atomic E-state index is 6.10. The van der Waals surface area contributed by atoms with Gasteiger partial charge in [0, 0.05) is 36.2 Å². The van der Waals surface area contributed by atoms with Gasteiger partial charge in [0.25, 0.3) is 0 Å². The molecule has 1 aliphatic rings. The molecule has 1 atom stereocenters. The van der Waals surface area contributed by atoms with Gasteiger partial charge in [0.1, 0.15) is 0 Å². The van der Waals surface area contributed by atoms with Gasteiger partial charge in [0.05, 0.1) is 0 Å². The summed E-state index contributed by atoms with van der Waals surface area (Å²) in [5.74, 6) is 0.738. The van der Waals surface area contributed by atoms with Crippen molar-refractivity contribution in [2.45, 2.75) is 52.2 Å². The topological polar surface area (TPSA) is 15.3 Å². The van der Waals surface area contributed by atoms with Crippen LogP contribution in [-0.4, -0.2) is 29.6 Å². The maximum atomic E-state index is 6.10. The van der Waals surface area contributed by atoms with Crippen LogP contribution in [0.3, 0.4) is 0 Å². The zero-order valence-electron chi connectivity index (χ0n) is 13.1. The van der Waals surface area contributed by atoms with Crippen molar-refractivity contribution in [1.29, 1.82) is 0 Å². The molecule has 1 unspecified atom stereocenters. The van der Waals surface area contributed by atoms with Gasteiger partial charge in [-0.1, -0.05) is 37.6 Å². The molecule has 1 N–H and O–H groups in total. The molecular formula is C17H27ClN2. The summed E-state index contributed by atoms with van der Waals surface area (Å²) in [6.07, 6.45) is 1.24. The summed E-state index contributed by atoms with van der Waals surface area (Å²) in [6, 6.07) is 8.83. The van der Waals surface area contributed by atoms with Gasteiger partial charge in [-0.25, -0.2) is 0 Å². The minimum Gasteiger partial charge on any atom is -0.311 e. The smallest absolute Gasteiger partial charge is 0.0409 e. The fourth-order valence-corrected chi connectivity index (χ4v) is 3.16. The van der Waals surface area contributed by atoms with E-state index in [1.165, 1.54) is 12.0 Å². The summed E-state index contributed by atoms with van der Waals surface area (Å²) in [6.45, 7) is 12.4. The van der Waals surface area contributed by atoms with E-state index in [0.29, 0.717) is 6.04 Å². The average molecular weight is 295 g/mol. The molecule has 0 spiro atoms. The van der Waals surface area contributed by atoms with Crippen LogP contribution in [0.4, 0.5) is 0 Å². The van der Waals surface area contributed by atoms with Crippen molar-refractivity contribution >= 4 is 11.6 Å². The molecule has 1 aliphatic heterocycles. The second-order valence-electron chi connectivity index (χ2n) is 7.03. The van der Waals surface area contributed by atoms with Crippen molar-refractivity contribution in [1.82, 2.24) is 10.2 Å². The van der Waals surface area contributed by atoms with E-state index in [4.69, 9.17) is 11.6 Å². The first kappa shape index (κ1) is 15.8. The van der Waals surface area contributed by atoms with E-state index in [1.54, 1.807) is 0 Å². The molecule has 0 bridgehead atoms. The van der Waals surface area contributed by atoms with E-state index in [2.05, 4.69) is 50.0 Å². The lowest BCUT2D eigenvalue weighted by molar-refractivity contribution is 0.0536. The Hall–Kier alpha value is -0.570. The number of hydrogen-bond acceptors (Lipinski definition) is 2. The monoisotopic (exact) mass is 294 g/mol. The third kappa shape index (κ3) is 4.21. The first-order valence-electron chi connectivity index (χ1n) is 7.60. The van der Waals surface area contributed by atoms with E-state index in [-0.39, 0.29) is 5.54 Å². The van der Waals surface area contributed by atoms with Crippen molar-refractivity contribution in [3.63, 3.8) is 0 Å². The van der Waals surface area contributed by atoms with Gasteiger partial charge in [-0.3, -0.25) is 4.90 Å². The lowest BCUT2D eigenvalue weighted by atomic mass is 9.93. The van der Waals surface area contributed by atoms with Gasteiger partial charge in [-0.2, -0.15) is 0 Å². The molecule has 1 heterocycles. The fraction of sp³-hybridized carbons (Fsp3) is 0.647. The Morgan fingerprint density at radius 1 is 1.40 bits per heavy atom. The summed E-state index contributed by atoms with van der Waals surface area (Å²) >= 11 is 6.10. The number of nitrogens with zero attached hydrogens (tertiary/aromatic N) is 1. The van der Waals surface area contributed by atoms with Crippen molar-refractivity contribution in [2.75, 3.05) is 13.1 Å². The number of nitrogens with one attached hydrogen (secondary N) is 1. The first-order chi connectivity index (χ1) is 9.37. The fourth-order valence-electron chi connectivity index (χ4n) is 2.94. The third-order valence-corrected chi connectivity index (χ3v) is 4.37. The van der Waals surface area contributed by atoms with E-state index in [0.717, 1.165) is 30.6 Å². The van der Waals surface area contributed by atoms with Crippen LogP contribution < -0.4 is 5.32 Å². The zero-order valence-corrected chi connectivity index (χ0v) is 13.9. The van der Waals surface area contributed by atoms with Crippen LogP contribution in [-0.2, 0) is 6.54 Å². The lowest BCUT2D eigenvalue weighted by Gasteiger charge is -2.46. The Balaban J connectivity index is 2.06. The summed E-state index contributed by atoms with van der Waals surface area (Å²) < 4.78 is 0. The van der Waals surface area contributed by atoms with Gasteiger partial charge in [0.2, 0.25) is 0 Å². The van der Waals surface area contributed by atoms with Crippen molar-refractivity contribution in [3.05, 3.63) is 34.9 Å². The Morgan fingerprint density at radius 2 is 2.15 bits per heavy atom. The van der Waals surface area contributed by atoms with E-state index in [9.17, 15) is 0 Å². The number of halogens is 1. The normalized spacial score (nSPS) is 23.2. The van der Waals surface area contributed by atoms with Crippen LogP contribution in [0.15, 0.2) is 24.3 Å². The molecular weight excluding hydrogens is 268 g/mol. The number of piperazine rings is 1. The molecule has 112 valence electrons. The summed E-state index contributed by atoms with van der Waals surface area (Å²) in [5, 5.41) is 4.53. The second-order valence-corrected chi connectivity index (χ2v) is 7.47. The molecule has 1 fully saturated rings. The van der Waals surface area contributed by atoms with Crippen LogP contribution in [0, 0.1) is 5.92 Å². The molecule has 20 heavy (non-hydrogen) atoms. The highest BCUT2D eigenvalue weighted by Crippen LogP contribution is 2.24. The summed E-state index contributed by atoms with van der Waals surface area (Å²) in [5.41, 5.74) is 1.49. The zero-order chi connectivity index (χ0) is 14.8. The molecule has 2 nitrogen and oxygen atoms in total. The number of rotatable bonds is 4. The Labute approximate surface area is 128 Å². The standard InChI is InChI=1S/C17H27ClN2/c1-13(2)8-16-11-20(17(3,4)12-19-16)10-14-6-5-7-15(18)9-14/h5-7,9,13,16,19H,8,10-12H2,1-4H3. The van der Waals surface area contributed by atoms with Crippen LogP contribution in [0.25, 0.3) is 0 Å². The van der Waals surface area contributed by atoms with Gasteiger partial charge in [0.15, 0.2) is 0 Å². The summed E-state index contributed by atoms with van der Waals surface area (Å²) in [4.78, 5) is 2.59. The van der Waals surface area contributed by atoms with E-state index < -0.39 is 0 Å². The largest absolute Gasteiger partial charge is 0.311 e. The molecule has 1 saturated heterocycles. The quantitative estimate of drug-likeness (QED) is 0.905.